The highest BCUT2D eigenvalue weighted by atomic mass is 35.5. The molecule has 0 amide bonds. The molecule has 1 aliphatic rings. The summed E-state index contributed by atoms with van der Waals surface area (Å²) in [6.45, 7) is 1.86. The van der Waals surface area contributed by atoms with Gasteiger partial charge in [0.1, 0.15) is 5.75 Å². The van der Waals surface area contributed by atoms with Crippen molar-refractivity contribution in [3.8, 4) is 5.75 Å². The Labute approximate surface area is 118 Å². The lowest BCUT2D eigenvalue weighted by molar-refractivity contribution is 0.474. The molecular formula is C16H16ClNO. The molecule has 0 atom stereocenters. The number of para-hydroxylation sites is 1. The molecule has 1 heterocycles. The van der Waals surface area contributed by atoms with E-state index in [1.54, 1.807) is 12.1 Å². The molecule has 0 aromatic heterocycles. The van der Waals surface area contributed by atoms with Gasteiger partial charge in [0.25, 0.3) is 0 Å². The van der Waals surface area contributed by atoms with Gasteiger partial charge in [-0.3, -0.25) is 0 Å². The highest BCUT2D eigenvalue weighted by Gasteiger charge is 2.16. The Morgan fingerprint density at radius 3 is 2.84 bits per heavy atom. The summed E-state index contributed by atoms with van der Waals surface area (Å²) in [5.41, 5.74) is 3.80. The lowest BCUT2D eigenvalue weighted by atomic mass is 10.0. The van der Waals surface area contributed by atoms with Crippen LogP contribution >= 0.6 is 11.6 Å². The number of nitrogens with zero attached hydrogens (tertiary/aromatic N) is 1. The maximum Gasteiger partial charge on any atom is 0.134 e. The van der Waals surface area contributed by atoms with E-state index in [1.165, 1.54) is 17.7 Å². The summed E-state index contributed by atoms with van der Waals surface area (Å²) < 4.78 is 0. The summed E-state index contributed by atoms with van der Waals surface area (Å²) in [6, 6.07) is 14.0. The van der Waals surface area contributed by atoms with Crippen molar-refractivity contribution >= 4 is 17.3 Å². The lowest BCUT2D eigenvalue weighted by Crippen LogP contribution is -2.28. The number of aryl methyl sites for hydroxylation is 1. The third-order valence-corrected chi connectivity index (χ3v) is 3.91. The zero-order valence-electron chi connectivity index (χ0n) is 10.6. The van der Waals surface area contributed by atoms with Crippen LogP contribution in [0.3, 0.4) is 0 Å². The molecule has 19 heavy (non-hydrogen) atoms. The van der Waals surface area contributed by atoms with Crippen LogP contribution in [-0.4, -0.2) is 11.7 Å². The van der Waals surface area contributed by atoms with Crippen molar-refractivity contribution in [3.63, 3.8) is 0 Å². The fourth-order valence-corrected chi connectivity index (χ4v) is 2.77. The van der Waals surface area contributed by atoms with Crippen LogP contribution in [0.5, 0.6) is 5.75 Å². The molecule has 0 fully saturated rings. The second kappa shape index (κ2) is 5.14. The van der Waals surface area contributed by atoms with E-state index in [0.717, 1.165) is 25.1 Å². The summed E-state index contributed by atoms with van der Waals surface area (Å²) in [5.74, 6) is 0.157. The first kappa shape index (κ1) is 12.4. The van der Waals surface area contributed by atoms with Crippen molar-refractivity contribution in [3.05, 3.63) is 58.6 Å². The number of benzene rings is 2. The van der Waals surface area contributed by atoms with E-state index in [-0.39, 0.29) is 5.75 Å². The van der Waals surface area contributed by atoms with Gasteiger partial charge in [0.2, 0.25) is 0 Å². The Hall–Kier alpha value is -1.67. The van der Waals surface area contributed by atoms with Crippen molar-refractivity contribution in [2.24, 2.45) is 0 Å². The molecule has 0 bridgehead atoms. The molecule has 2 nitrogen and oxygen atoms in total. The Morgan fingerprint density at radius 1 is 1.16 bits per heavy atom. The predicted molar refractivity (Wildman–Crippen MR) is 78.9 cm³/mol. The van der Waals surface area contributed by atoms with E-state index in [2.05, 4.69) is 29.2 Å². The summed E-state index contributed by atoms with van der Waals surface area (Å²) in [5, 5.41) is 10.1. The fraction of sp³-hybridized carbons (Fsp3) is 0.250. The van der Waals surface area contributed by atoms with E-state index in [4.69, 9.17) is 11.6 Å². The van der Waals surface area contributed by atoms with Crippen LogP contribution < -0.4 is 4.90 Å². The Bertz CT molecular complexity index is 597. The van der Waals surface area contributed by atoms with Gasteiger partial charge in [0.05, 0.1) is 5.02 Å². The fourth-order valence-electron chi connectivity index (χ4n) is 2.65. The quantitative estimate of drug-likeness (QED) is 0.894. The maximum absolute atomic E-state index is 9.67. The minimum absolute atomic E-state index is 0.157. The van der Waals surface area contributed by atoms with Gasteiger partial charge in [-0.25, -0.2) is 0 Å². The smallest absolute Gasteiger partial charge is 0.134 e. The minimum atomic E-state index is 0.157. The van der Waals surface area contributed by atoms with Crippen LogP contribution in [0.15, 0.2) is 42.5 Å². The summed E-state index contributed by atoms with van der Waals surface area (Å²) in [6.07, 6.45) is 2.33. The number of aromatic hydroxyl groups is 1. The molecule has 0 radical (unpaired) electrons. The number of fused-ring (bicyclic) bond motifs is 1. The normalized spacial score (nSPS) is 14.3. The number of halogens is 1. The third kappa shape index (κ3) is 2.54. The number of hydrogen-bond donors (Lipinski definition) is 1. The van der Waals surface area contributed by atoms with Crippen LogP contribution in [0.2, 0.25) is 5.02 Å². The number of phenolic OH excluding ortho intramolecular Hbond substituents is 1. The second-order valence-electron chi connectivity index (χ2n) is 4.94. The first-order valence-electron chi connectivity index (χ1n) is 6.54. The number of hydrogen-bond acceptors (Lipinski definition) is 2. The maximum atomic E-state index is 9.67. The topological polar surface area (TPSA) is 23.5 Å². The monoisotopic (exact) mass is 273 g/mol. The SMILES string of the molecule is Oc1cc(CN2CCCc3ccccc32)ccc1Cl. The number of phenols is 1. The molecular weight excluding hydrogens is 258 g/mol. The molecule has 2 aromatic carbocycles. The zero-order chi connectivity index (χ0) is 13.2. The van der Waals surface area contributed by atoms with Gasteiger partial charge in [0, 0.05) is 18.8 Å². The minimum Gasteiger partial charge on any atom is -0.506 e. The first-order chi connectivity index (χ1) is 9.24. The van der Waals surface area contributed by atoms with E-state index >= 15 is 0 Å². The average Bonchev–Trinajstić information content (AvgIpc) is 2.43. The summed E-state index contributed by atoms with van der Waals surface area (Å²) >= 11 is 5.84. The van der Waals surface area contributed by atoms with Crippen molar-refractivity contribution in [2.75, 3.05) is 11.4 Å². The standard InChI is InChI=1S/C16H16ClNO/c17-14-8-7-12(10-16(14)19)11-18-9-3-5-13-4-1-2-6-15(13)18/h1-2,4,6-8,10,19H,3,5,9,11H2. The van der Waals surface area contributed by atoms with Gasteiger partial charge < -0.3 is 10.0 Å². The van der Waals surface area contributed by atoms with Crippen LogP contribution in [0, 0.1) is 0 Å². The molecule has 0 saturated carbocycles. The summed E-state index contributed by atoms with van der Waals surface area (Å²) in [7, 11) is 0. The molecule has 1 aliphatic heterocycles. The third-order valence-electron chi connectivity index (χ3n) is 3.59. The van der Waals surface area contributed by atoms with Crippen molar-refractivity contribution in [1.82, 2.24) is 0 Å². The molecule has 0 aliphatic carbocycles. The van der Waals surface area contributed by atoms with E-state index in [9.17, 15) is 5.11 Å². The van der Waals surface area contributed by atoms with Crippen LogP contribution in [0.25, 0.3) is 0 Å². The lowest BCUT2D eigenvalue weighted by Gasteiger charge is -2.31. The van der Waals surface area contributed by atoms with Gasteiger partial charge in [-0.2, -0.15) is 0 Å². The Balaban J connectivity index is 1.86. The highest BCUT2D eigenvalue weighted by molar-refractivity contribution is 6.32. The number of anilines is 1. The largest absolute Gasteiger partial charge is 0.506 e. The van der Waals surface area contributed by atoms with Gasteiger partial charge in [0.15, 0.2) is 0 Å². The molecule has 0 spiro atoms. The van der Waals surface area contributed by atoms with Gasteiger partial charge in [-0.1, -0.05) is 35.9 Å². The zero-order valence-corrected chi connectivity index (χ0v) is 11.4. The molecule has 2 aromatic rings. The highest BCUT2D eigenvalue weighted by Crippen LogP contribution is 2.30. The molecule has 0 saturated heterocycles. The number of rotatable bonds is 2. The van der Waals surface area contributed by atoms with Gasteiger partial charge in [-0.05, 0) is 42.2 Å². The van der Waals surface area contributed by atoms with E-state index in [1.807, 2.05) is 6.07 Å². The Kier molecular flexibility index (Phi) is 3.34. The van der Waals surface area contributed by atoms with E-state index < -0.39 is 0 Å². The van der Waals surface area contributed by atoms with Crippen molar-refractivity contribution in [1.29, 1.82) is 0 Å². The van der Waals surface area contributed by atoms with Crippen molar-refractivity contribution in [2.45, 2.75) is 19.4 Å². The molecule has 3 heteroatoms. The predicted octanol–water partition coefficient (Wildman–Crippen LogP) is 4.00. The first-order valence-corrected chi connectivity index (χ1v) is 6.92. The van der Waals surface area contributed by atoms with Gasteiger partial charge in [-0.15, -0.1) is 0 Å². The average molecular weight is 274 g/mol. The molecule has 0 unspecified atom stereocenters. The van der Waals surface area contributed by atoms with Crippen LogP contribution in [-0.2, 0) is 13.0 Å². The molecule has 98 valence electrons. The van der Waals surface area contributed by atoms with E-state index in [0.29, 0.717) is 5.02 Å². The second-order valence-corrected chi connectivity index (χ2v) is 5.35. The van der Waals surface area contributed by atoms with Crippen LogP contribution in [0.4, 0.5) is 5.69 Å². The molecule has 3 rings (SSSR count). The van der Waals surface area contributed by atoms with Crippen LogP contribution in [0.1, 0.15) is 17.5 Å². The van der Waals surface area contributed by atoms with Gasteiger partial charge >= 0.3 is 0 Å². The summed E-state index contributed by atoms with van der Waals surface area (Å²) in [4.78, 5) is 2.36. The van der Waals surface area contributed by atoms with Crippen molar-refractivity contribution < 1.29 is 5.11 Å². The Morgan fingerprint density at radius 2 is 2.00 bits per heavy atom. The molecule has 1 N–H and O–H groups in total.